The van der Waals surface area contributed by atoms with Crippen molar-refractivity contribution < 1.29 is 14.6 Å². The molecule has 2 heterocycles. The summed E-state index contributed by atoms with van der Waals surface area (Å²) in [5.74, 6) is -0.913. The van der Waals surface area contributed by atoms with Crippen LogP contribution < -0.4 is 4.90 Å². The van der Waals surface area contributed by atoms with Crippen molar-refractivity contribution in [2.75, 3.05) is 44.3 Å². The molecule has 1 fully saturated rings. The molecular formula is C24H29ClN2O3. The van der Waals surface area contributed by atoms with Crippen LogP contribution >= 0.6 is 12.4 Å². The number of hydrogen-bond acceptors (Lipinski definition) is 4. The molecule has 1 N–H and O–H groups in total. The van der Waals surface area contributed by atoms with Crippen LogP contribution in [-0.2, 0) is 9.53 Å². The first kappa shape index (κ1) is 22.3. The number of nitrogens with zero attached hydrogens (tertiary/aromatic N) is 2. The number of ether oxygens (including phenoxy) is 1. The molecule has 0 aliphatic carbocycles. The van der Waals surface area contributed by atoms with Crippen molar-refractivity contribution >= 4 is 41.9 Å². The van der Waals surface area contributed by atoms with Gasteiger partial charge in [-0.15, -0.1) is 12.4 Å². The summed E-state index contributed by atoms with van der Waals surface area (Å²) in [6.07, 6.45) is 6.08. The van der Waals surface area contributed by atoms with Crippen molar-refractivity contribution in [1.29, 1.82) is 0 Å². The number of piperidine rings is 1. The fourth-order valence-corrected chi connectivity index (χ4v) is 4.21. The van der Waals surface area contributed by atoms with Gasteiger partial charge in [-0.25, -0.2) is 0 Å². The van der Waals surface area contributed by atoms with E-state index >= 15 is 0 Å². The number of likely N-dealkylation sites (tertiary alicyclic amines) is 1. The van der Waals surface area contributed by atoms with Gasteiger partial charge in [0.1, 0.15) is 0 Å². The Balaban J connectivity index is 0.00000256. The van der Waals surface area contributed by atoms with Crippen LogP contribution in [0.1, 0.15) is 24.0 Å². The maximum absolute atomic E-state index is 11.2. The van der Waals surface area contributed by atoms with Crippen molar-refractivity contribution in [2.45, 2.75) is 12.8 Å². The Hall–Kier alpha value is -2.34. The van der Waals surface area contributed by atoms with Crippen molar-refractivity contribution in [1.82, 2.24) is 4.90 Å². The summed E-state index contributed by atoms with van der Waals surface area (Å²) in [5, 5.41) is 9.22. The normalized spacial score (nSPS) is 18.1. The average Bonchev–Trinajstić information content (AvgIpc) is 2.91. The molecule has 0 unspecified atom stereocenters. The van der Waals surface area contributed by atoms with Crippen LogP contribution in [0.2, 0.25) is 0 Å². The second-order valence-electron chi connectivity index (χ2n) is 7.69. The van der Waals surface area contributed by atoms with E-state index < -0.39 is 5.97 Å². The third-order valence-electron chi connectivity index (χ3n) is 5.76. The van der Waals surface area contributed by atoms with Crippen LogP contribution in [0.5, 0.6) is 0 Å². The zero-order valence-electron chi connectivity index (χ0n) is 17.1. The minimum absolute atomic E-state index is 0. The van der Waals surface area contributed by atoms with Crippen LogP contribution in [0.3, 0.4) is 0 Å². The van der Waals surface area contributed by atoms with Crippen molar-refractivity contribution in [3.63, 3.8) is 0 Å². The van der Waals surface area contributed by atoms with Gasteiger partial charge in [0.25, 0.3) is 0 Å². The first-order valence-corrected chi connectivity index (χ1v) is 10.4. The topological polar surface area (TPSA) is 53.0 Å². The molecule has 2 aromatic rings. The standard InChI is InChI=1S/C24H28N2O3.ClH/c27-24(28)21-8-5-13-25(18-21)14-16-29-17-15-26-22-9-3-1-6-19(22)11-12-20-7-2-4-10-23(20)26;/h1-4,6-7,9-12,21H,5,8,13-18H2,(H,27,28);1H/t21-;/m1./s1. The summed E-state index contributed by atoms with van der Waals surface area (Å²) in [6.45, 7) is 4.41. The molecule has 0 bridgehead atoms. The van der Waals surface area contributed by atoms with Gasteiger partial charge in [0.15, 0.2) is 0 Å². The first-order valence-electron chi connectivity index (χ1n) is 10.4. The number of rotatable bonds is 7. The number of aliphatic carboxylic acids is 1. The Bertz CT molecular complexity index is 837. The molecule has 160 valence electrons. The third kappa shape index (κ3) is 5.22. The minimum Gasteiger partial charge on any atom is -0.481 e. The highest BCUT2D eigenvalue weighted by molar-refractivity contribution is 5.88. The van der Waals surface area contributed by atoms with Gasteiger partial charge in [-0.1, -0.05) is 48.6 Å². The molecule has 1 atom stereocenters. The van der Waals surface area contributed by atoms with Crippen molar-refractivity contribution in [3.05, 3.63) is 59.7 Å². The number of carboxylic acids is 1. The van der Waals surface area contributed by atoms with Crippen LogP contribution in [0.4, 0.5) is 11.4 Å². The largest absolute Gasteiger partial charge is 0.481 e. The summed E-state index contributed by atoms with van der Waals surface area (Å²) in [7, 11) is 0. The highest BCUT2D eigenvalue weighted by atomic mass is 35.5. The summed E-state index contributed by atoms with van der Waals surface area (Å²) < 4.78 is 5.95. The number of carbonyl (C=O) groups is 1. The maximum Gasteiger partial charge on any atom is 0.307 e. The van der Waals surface area contributed by atoms with Gasteiger partial charge >= 0.3 is 5.97 Å². The van der Waals surface area contributed by atoms with E-state index in [4.69, 9.17) is 4.74 Å². The molecular weight excluding hydrogens is 400 g/mol. The predicted molar refractivity (Wildman–Crippen MR) is 124 cm³/mol. The number of fused-ring (bicyclic) bond motifs is 2. The zero-order chi connectivity index (χ0) is 20.1. The summed E-state index contributed by atoms with van der Waals surface area (Å²) in [5.41, 5.74) is 4.80. The molecule has 4 rings (SSSR count). The Morgan fingerprint density at radius 3 is 2.20 bits per heavy atom. The van der Waals surface area contributed by atoms with E-state index in [0.29, 0.717) is 19.8 Å². The van der Waals surface area contributed by atoms with Gasteiger partial charge in [-0.2, -0.15) is 0 Å². The molecule has 2 aromatic carbocycles. The fourth-order valence-electron chi connectivity index (χ4n) is 4.21. The van der Waals surface area contributed by atoms with Gasteiger partial charge in [0, 0.05) is 31.0 Å². The summed E-state index contributed by atoms with van der Waals surface area (Å²) >= 11 is 0. The molecule has 0 amide bonds. The number of anilines is 2. The molecule has 0 radical (unpaired) electrons. The molecule has 6 heteroatoms. The van der Waals surface area contributed by atoms with Gasteiger partial charge in [-0.05, 0) is 42.6 Å². The monoisotopic (exact) mass is 428 g/mol. The third-order valence-corrected chi connectivity index (χ3v) is 5.76. The van der Waals surface area contributed by atoms with E-state index in [9.17, 15) is 9.90 Å². The van der Waals surface area contributed by atoms with E-state index in [1.54, 1.807) is 0 Å². The van der Waals surface area contributed by atoms with E-state index in [-0.39, 0.29) is 18.3 Å². The molecule has 5 nitrogen and oxygen atoms in total. The van der Waals surface area contributed by atoms with Gasteiger partial charge < -0.3 is 19.6 Å². The van der Waals surface area contributed by atoms with Crippen LogP contribution in [0.15, 0.2) is 48.5 Å². The van der Waals surface area contributed by atoms with Crippen molar-refractivity contribution in [2.24, 2.45) is 5.92 Å². The highest BCUT2D eigenvalue weighted by Gasteiger charge is 2.25. The lowest BCUT2D eigenvalue weighted by molar-refractivity contribution is -0.143. The second kappa shape index (κ2) is 10.6. The molecule has 30 heavy (non-hydrogen) atoms. The van der Waals surface area contributed by atoms with E-state index in [2.05, 4.69) is 70.5 Å². The summed E-state index contributed by atoms with van der Waals surface area (Å²) in [4.78, 5) is 15.7. The Morgan fingerprint density at radius 1 is 0.967 bits per heavy atom. The van der Waals surface area contributed by atoms with Gasteiger partial charge in [0.2, 0.25) is 0 Å². The average molecular weight is 429 g/mol. The molecule has 2 aliphatic heterocycles. The molecule has 0 aromatic heterocycles. The van der Waals surface area contributed by atoms with Crippen LogP contribution in [0.25, 0.3) is 12.2 Å². The number of halogens is 1. The predicted octanol–water partition coefficient (Wildman–Crippen LogP) is 4.54. The van der Waals surface area contributed by atoms with Gasteiger partial charge in [-0.3, -0.25) is 4.79 Å². The van der Waals surface area contributed by atoms with Crippen LogP contribution in [-0.4, -0.2) is 55.4 Å². The van der Waals surface area contributed by atoms with Crippen LogP contribution in [0, 0.1) is 5.92 Å². The van der Waals surface area contributed by atoms with E-state index in [1.807, 2.05) is 0 Å². The van der Waals surface area contributed by atoms with E-state index in [1.165, 1.54) is 22.5 Å². The van der Waals surface area contributed by atoms with Gasteiger partial charge in [0.05, 0.1) is 19.1 Å². The van der Waals surface area contributed by atoms with E-state index in [0.717, 1.165) is 32.5 Å². The molecule has 0 saturated carbocycles. The highest BCUT2D eigenvalue weighted by Crippen LogP contribution is 2.35. The quantitative estimate of drug-likeness (QED) is 0.656. The lowest BCUT2D eigenvalue weighted by Crippen LogP contribution is -2.40. The lowest BCUT2D eigenvalue weighted by atomic mass is 9.98. The molecule has 2 aliphatic rings. The summed E-state index contributed by atoms with van der Waals surface area (Å²) in [6, 6.07) is 16.9. The first-order chi connectivity index (χ1) is 14.2. The fraction of sp³-hybridized carbons (Fsp3) is 0.375. The minimum atomic E-state index is -0.678. The molecule has 0 spiro atoms. The SMILES string of the molecule is Cl.O=C(O)[C@@H]1CCCN(CCOCCN2c3ccccc3C=Cc3ccccc32)C1. The molecule has 1 saturated heterocycles. The van der Waals surface area contributed by atoms with Crippen molar-refractivity contribution in [3.8, 4) is 0 Å². The second-order valence-corrected chi connectivity index (χ2v) is 7.69. The Labute approximate surface area is 184 Å². The Kier molecular flexibility index (Phi) is 7.91. The number of hydrogen-bond donors (Lipinski definition) is 1. The zero-order valence-corrected chi connectivity index (χ0v) is 17.9. The Morgan fingerprint density at radius 2 is 1.57 bits per heavy atom. The maximum atomic E-state index is 11.2. The number of para-hydroxylation sites is 2. The number of carboxylic acid groups (broad SMARTS) is 1. The smallest absolute Gasteiger partial charge is 0.307 e. The lowest BCUT2D eigenvalue weighted by Gasteiger charge is -2.30. The number of benzene rings is 2.